The highest BCUT2D eigenvalue weighted by atomic mass is 32.2. The van der Waals surface area contributed by atoms with Gasteiger partial charge in [-0.05, 0) is 6.92 Å². The summed E-state index contributed by atoms with van der Waals surface area (Å²) >= 11 is 0. The molecule has 21 heavy (non-hydrogen) atoms. The second-order valence-corrected chi connectivity index (χ2v) is 6.69. The van der Waals surface area contributed by atoms with Crippen molar-refractivity contribution in [2.75, 3.05) is 12.3 Å². The van der Waals surface area contributed by atoms with Crippen molar-refractivity contribution in [1.29, 1.82) is 0 Å². The number of sulfonamides is 1. The van der Waals surface area contributed by atoms with Crippen LogP contribution in [0.5, 0.6) is 0 Å². The molecule has 3 N–H and O–H groups in total. The summed E-state index contributed by atoms with van der Waals surface area (Å²) < 4.78 is 33.5. The van der Waals surface area contributed by atoms with Gasteiger partial charge in [0.15, 0.2) is 16.5 Å². The SMILES string of the molecule is Cc1onc(N)c1S(=O)(=O)NCCn1ccnc1C(C)C. The highest BCUT2D eigenvalue weighted by molar-refractivity contribution is 7.89. The van der Waals surface area contributed by atoms with Gasteiger partial charge >= 0.3 is 0 Å². The van der Waals surface area contributed by atoms with Gasteiger partial charge in [-0.1, -0.05) is 19.0 Å². The summed E-state index contributed by atoms with van der Waals surface area (Å²) in [6, 6.07) is 0. The van der Waals surface area contributed by atoms with Gasteiger partial charge in [0.25, 0.3) is 0 Å². The summed E-state index contributed by atoms with van der Waals surface area (Å²) in [5.41, 5.74) is 5.52. The Kier molecular flexibility index (Phi) is 4.33. The first-order chi connectivity index (χ1) is 9.83. The van der Waals surface area contributed by atoms with E-state index in [-0.39, 0.29) is 28.9 Å². The van der Waals surface area contributed by atoms with Crippen LogP contribution >= 0.6 is 0 Å². The van der Waals surface area contributed by atoms with E-state index < -0.39 is 10.0 Å². The molecule has 2 rings (SSSR count). The molecule has 0 fully saturated rings. The zero-order valence-corrected chi connectivity index (χ0v) is 13.0. The standard InChI is InChI=1S/C12H19N5O3S/c1-8(2)12-14-4-6-17(12)7-5-15-21(18,19)10-9(3)20-16-11(10)13/h4,6,8,15H,5,7H2,1-3H3,(H2,13,16). The number of nitrogens with one attached hydrogen (secondary N) is 1. The summed E-state index contributed by atoms with van der Waals surface area (Å²) in [7, 11) is -3.73. The van der Waals surface area contributed by atoms with Crippen molar-refractivity contribution in [3.05, 3.63) is 24.0 Å². The van der Waals surface area contributed by atoms with Gasteiger partial charge in [-0.3, -0.25) is 0 Å². The van der Waals surface area contributed by atoms with Crippen molar-refractivity contribution < 1.29 is 12.9 Å². The number of nitrogens with two attached hydrogens (primary N) is 1. The van der Waals surface area contributed by atoms with E-state index in [1.54, 1.807) is 6.20 Å². The minimum Gasteiger partial charge on any atom is -0.380 e. The largest absolute Gasteiger partial charge is 0.380 e. The third kappa shape index (κ3) is 3.24. The highest BCUT2D eigenvalue weighted by Gasteiger charge is 2.24. The van der Waals surface area contributed by atoms with Crippen LogP contribution < -0.4 is 10.5 Å². The number of aromatic nitrogens is 3. The Hall–Kier alpha value is -1.87. The number of anilines is 1. The van der Waals surface area contributed by atoms with Gasteiger partial charge in [-0.2, -0.15) is 0 Å². The topological polar surface area (TPSA) is 116 Å². The van der Waals surface area contributed by atoms with Gasteiger partial charge in [-0.15, -0.1) is 0 Å². The van der Waals surface area contributed by atoms with E-state index in [0.717, 1.165) is 5.82 Å². The minimum absolute atomic E-state index is 0.0998. The fraction of sp³-hybridized carbons (Fsp3) is 0.500. The predicted molar refractivity (Wildman–Crippen MR) is 77.2 cm³/mol. The first kappa shape index (κ1) is 15.5. The van der Waals surface area contributed by atoms with Gasteiger partial charge in [0.05, 0.1) is 0 Å². The molecule has 0 aliphatic carbocycles. The molecule has 0 spiro atoms. The van der Waals surface area contributed by atoms with Crippen molar-refractivity contribution in [3.8, 4) is 0 Å². The minimum atomic E-state index is -3.73. The molecule has 0 atom stereocenters. The smallest absolute Gasteiger partial charge is 0.247 e. The monoisotopic (exact) mass is 313 g/mol. The lowest BCUT2D eigenvalue weighted by Crippen LogP contribution is -2.28. The van der Waals surface area contributed by atoms with Crippen LogP contribution in [-0.4, -0.2) is 29.7 Å². The number of rotatable bonds is 6. The highest BCUT2D eigenvalue weighted by Crippen LogP contribution is 2.21. The van der Waals surface area contributed by atoms with Crippen molar-refractivity contribution in [1.82, 2.24) is 19.4 Å². The average Bonchev–Trinajstić information content (AvgIpc) is 2.96. The van der Waals surface area contributed by atoms with Gasteiger partial charge in [0.1, 0.15) is 5.82 Å². The maximum Gasteiger partial charge on any atom is 0.247 e. The third-order valence-electron chi connectivity index (χ3n) is 3.01. The summed E-state index contributed by atoms with van der Waals surface area (Å²) in [6.45, 7) is 6.28. The first-order valence-electron chi connectivity index (χ1n) is 6.55. The van der Waals surface area contributed by atoms with Crippen LogP contribution in [0.15, 0.2) is 21.8 Å². The molecule has 9 heteroatoms. The van der Waals surface area contributed by atoms with E-state index in [2.05, 4.69) is 14.9 Å². The lowest BCUT2D eigenvalue weighted by atomic mass is 10.2. The zero-order valence-electron chi connectivity index (χ0n) is 12.2. The van der Waals surface area contributed by atoms with Crippen molar-refractivity contribution >= 4 is 15.8 Å². The third-order valence-corrected chi connectivity index (χ3v) is 4.63. The van der Waals surface area contributed by atoms with Crippen LogP contribution in [-0.2, 0) is 16.6 Å². The van der Waals surface area contributed by atoms with Crippen LogP contribution in [0.1, 0.15) is 31.4 Å². The fourth-order valence-corrected chi connectivity index (χ4v) is 3.32. The molecule has 0 aromatic carbocycles. The molecule has 0 saturated carbocycles. The van der Waals surface area contributed by atoms with Crippen LogP contribution in [0, 0.1) is 6.92 Å². The number of hydrogen-bond donors (Lipinski definition) is 2. The number of nitrogen functional groups attached to an aromatic ring is 1. The number of hydrogen-bond acceptors (Lipinski definition) is 6. The maximum absolute atomic E-state index is 12.2. The molecule has 2 aromatic rings. The Bertz CT molecular complexity index is 698. The molecule has 0 bridgehead atoms. The van der Waals surface area contributed by atoms with Gasteiger partial charge in [-0.25, -0.2) is 18.1 Å². The van der Waals surface area contributed by atoms with E-state index >= 15 is 0 Å². The quantitative estimate of drug-likeness (QED) is 0.817. The molecular weight excluding hydrogens is 294 g/mol. The van der Waals surface area contributed by atoms with Crippen molar-refractivity contribution in [3.63, 3.8) is 0 Å². The Labute approximate surface area is 123 Å². The molecule has 2 heterocycles. The molecule has 8 nitrogen and oxygen atoms in total. The Morgan fingerprint density at radius 2 is 2.19 bits per heavy atom. The number of imidazole rings is 1. The Morgan fingerprint density at radius 1 is 1.48 bits per heavy atom. The molecule has 0 aliphatic rings. The van der Waals surface area contributed by atoms with Crippen LogP contribution in [0.2, 0.25) is 0 Å². The molecule has 0 unspecified atom stereocenters. The lowest BCUT2D eigenvalue weighted by Gasteiger charge is -2.11. The molecule has 0 aliphatic heterocycles. The molecule has 2 aromatic heterocycles. The average molecular weight is 313 g/mol. The molecule has 116 valence electrons. The summed E-state index contributed by atoms with van der Waals surface area (Å²) in [5.74, 6) is 1.22. The summed E-state index contributed by atoms with van der Waals surface area (Å²) in [4.78, 5) is 4.15. The molecule has 0 radical (unpaired) electrons. The molecular formula is C12H19N5O3S. The Balaban J connectivity index is 2.05. The summed E-state index contributed by atoms with van der Waals surface area (Å²) in [6.07, 6.45) is 3.52. The summed E-state index contributed by atoms with van der Waals surface area (Å²) in [5, 5.41) is 3.45. The second-order valence-electron chi connectivity index (χ2n) is 4.98. The van der Waals surface area contributed by atoms with Gasteiger partial charge < -0.3 is 14.8 Å². The maximum atomic E-state index is 12.2. The first-order valence-corrected chi connectivity index (χ1v) is 8.03. The van der Waals surface area contributed by atoms with E-state index in [1.165, 1.54) is 6.92 Å². The second kappa shape index (κ2) is 5.86. The van der Waals surface area contributed by atoms with Crippen LogP contribution in [0.4, 0.5) is 5.82 Å². The van der Waals surface area contributed by atoms with E-state index in [0.29, 0.717) is 6.54 Å². The molecule has 0 amide bonds. The van der Waals surface area contributed by atoms with E-state index in [1.807, 2.05) is 24.6 Å². The van der Waals surface area contributed by atoms with Gasteiger partial charge in [0.2, 0.25) is 10.0 Å². The number of nitrogens with zero attached hydrogens (tertiary/aromatic N) is 3. The zero-order chi connectivity index (χ0) is 15.6. The normalized spacial score (nSPS) is 12.2. The lowest BCUT2D eigenvalue weighted by molar-refractivity contribution is 0.396. The van der Waals surface area contributed by atoms with E-state index in [9.17, 15) is 8.42 Å². The fourth-order valence-electron chi connectivity index (χ4n) is 2.09. The predicted octanol–water partition coefficient (Wildman–Crippen LogP) is 0.864. The van der Waals surface area contributed by atoms with Gasteiger partial charge in [0, 0.05) is 31.4 Å². The molecule has 0 saturated heterocycles. The van der Waals surface area contributed by atoms with E-state index in [4.69, 9.17) is 10.3 Å². The Morgan fingerprint density at radius 3 is 2.76 bits per heavy atom. The number of aryl methyl sites for hydroxylation is 1. The van der Waals surface area contributed by atoms with Crippen molar-refractivity contribution in [2.24, 2.45) is 0 Å². The van der Waals surface area contributed by atoms with Crippen LogP contribution in [0.25, 0.3) is 0 Å². The van der Waals surface area contributed by atoms with Crippen LogP contribution in [0.3, 0.4) is 0 Å². The van der Waals surface area contributed by atoms with Crippen molar-refractivity contribution in [2.45, 2.75) is 38.1 Å².